The van der Waals surface area contributed by atoms with Crippen LogP contribution in [0, 0.1) is 0 Å². The molecule has 0 N–H and O–H groups in total. The van der Waals surface area contributed by atoms with Gasteiger partial charge in [-0.15, -0.1) is 0 Å². The molecule has 12 heavy (non-hydrogen) atoms. The number of nitrogens with zero attached hydrogens (tertiary/aromatic N) is 2. The maximum Gasteiger partial charge on any atom is 0.222 e. The van der Waals surface area contributed by atoms with Crippen LogP contribution in [0.1, 0.15) is 19.8 Å². The predicted octanol–water partition coefficient (Wildman–Crippen LogP) is 0.805. The fourth-order valence-corrected chi connectivity index (χ4v) is 0.814. The van der Waals surface area contributed by atoms with Crippen LogP contribution < -0.4 is 0 Å². The minimum absolute atomic E-state index is 0.212. The highest BCUT2D eigenvalue weighted by Gasteiger charge is 2.08. The molecule has 0 rings (SSSR count). The van der Waals surface area contributed by atoms with Crippen LogP contribution in [-0.2, 0) is 4.79 Å². The van der Waals surface area contributed by atoms with Crippen molar-refractivity contribution in [2.24, 2.45) is 0 Å². The number of rotatable bonds is 4. The maximum atomic E-state index is 11.2. The molecule has 0 aromatic heterocycles. The second-order valence-electron chi connectivity index (χ2n) is 3.64. The van der Waals surface area contributed by atoms with Gasteiger partial charge < -0.3 is 9.80 Å². The molecule has 0 fully saturated rings. The van der Waals surface area contributed by atoms with E-state index in [4.69, 9.17) is 0 Å². The number of hydrogen-bond donors (Lipinski definition) is 0. The molecule has 0 aliphatic carbocycles. The van der Waals surface area contributed by atoms with Gasteiger partial charge in [-0.05, 0) is 27.4 Å². The quantitative estimate of drug-likeness (QED) is 0.626. The number of carbonyl (C=O) groups is 1. The fraction of sp³-hybridized carbons (Fsp3) is 0.889. The van der Waals surface area contributed by atoms with Crippen molar-refractivity contribution in [3.63, 3.8) is 0 Å². The molecule has 72 valence electrons. The summed E-state index contributed by atoms with van der Waals surface area (Å²) in [5, 5.41) is 0. The zero-order chi connectivity index (χ0) is 9.72. The zero-order valence-corrected chi connectivity index (χ0v) is 8.79. The molecule has 0 aliphatic rings. The summed E-state index contributed by atoms with van der Waals surface area (Å²) in [7, 11) is 7.65. The minimum atomic E-state index is 0.212. The molecule has 0 heterocycles. The average molecular weight is 172 g/mol. The van der Waals surface area contributed by atoms with Crippen molar-refractivity contribution < 1.29 is 4.79 Å². The monoisotopic (exact) mass is 172 g/mol. The fourth-order valence-electron chi connectivity index (χ4n) is 0.814. The molecule has 1 unspecified atom stereocenters. The topological polar surface area (TPSA) is 23.6 Å². The Hall–Kier alpha value is -0.570. The first-order valence-electron chi connectivity index (χ1n) is 4.31. The average Bonchev–Trinajstić information content (AvgIpc) is 1.98. The summed E-state index contributed by atoms with van der Waals surface area (Å²) in [6, 6.07) is 0.480. The van der Waals surface area contributed by atoms with E-state index in [-0.39, 0.29) is 5.91 Å². The molecule has 0 radical (unpaired) electrons. The van der Waals surface area contributed by atoms with Gasteiger partial charge in [0.1, 0.15) is 0 Å². The second kappa shape index (κ2) is 5.14. The van der Waals surface area contributed by atoms with E-state index >= 15 is 0 Å². The van der Waals surface area contributed by atoms with Crippen molar-refractivity contribution in [2.45, 2.75) is 25.8 Å². The van der Waals surface area contributed by atoms with E-state index in [2.05, 4.69) is 11.8 Å². The highest BCUT2D eigenvalue weighted by Crippen LogP contribution is 2.03. The van der Waals surface area contributed by atoms with Gasteiger partial charge in [-0.1, -0.05) is 0 Å². The van der Waals surface area contributed by atoms with Gasteiger partial charge in [-0.3, -0.25) is 4.79 Å². The lowest BCUT2D eigenvalue weighted by Crippen LogP contribution is -2.28. The van der Waals surface area contributed by atoms with Crippen molar-refractivity contribution in [3.8, 4) is 0 Å². The van der Waals surface area contributed by atoms with E-state index in [1.54, 1.807) is 19.0 Å². The lowest BCUT2D eigenvalue weighted by atomic mass is 10.1. The van der Waals surface area contributed by atoms with E-state index in [1.165, 1.54) is 0 Å². The summed E-state index contributed by atoms with van der Waals surface area (Å²) in [5.41, 5.74) is 0. The van der Waals surface area contributed by atoms with E-state index in [0.29, 0.717) is 12.5 Å². The first kappa shape index (κ1) is 11.4. The molecule has 3 heteroatoms. The Morgan fingerprint density at radius 1 is 1.25 bits per heavy atom. The van der Waals surface area contributed by atoms with Gasteiger partial charge in [-0.2, -0.15) is 0 Å². The maximum absolute atomic E-state index is 11.2. The minimum Gasteiger partial charge on any atom is -0.349 e. The van der Waals surface area contributed by atoms with E-state index in [9.17, 15) is 4.79 Å². The van der Waals surface area contributed by atoms with Crippen LogP contribution in [0.2, 0.25) is 0 Å². The summed E-state index contributed by atoms with van der Waals surface area (Å²) in [6.45, 7) is 2.13. The highest BCUT2D eigenvalue weighted by molar-refractivity contribution is 5.75. The largest absolute Gasteiger partial charge is 0.349 e. The molecule has 0 aromatic carbocycles. The zero-order valence-electron chi connectivity index (χ0n) is 8.79. The summed E-state index contributed by atoms with van der Waals surface area (Å²) >= 11 is 0. The first-order valence-corrected chi connectivity index (χ1v) is 4.31. The van der Waals surface area contributed by atoms with Gasteiger partial charge in [0.2, 0.25) is 5.91 Å². The third-order valence-corrected chi connectivity index (χ3v) is 2.16. The third-order valence-electron chi connectivity index (χ3n) is 2.16. The SMILES string of the molecule is CC(CCC(=O)N(C)C)N(C)C. The molecule has 0 bridgehead atoms. The third kappa shape index (κ3) is 4.34. The van der Waals surface area contributed by atoms with Gasteiger partial charge in [0.15, 0.2) is 0 Å². The Bertz CT molecular complexity index is 143. The Morgan fingerprint density at radius 2 is 1.75 bits per heavy atom. The van der Waals surface area contributed by atoms with Crippen molar-refractivity contribution in [3.05, 3.63) is 0 Å². The Kier molecular flexibility index (Phi) is 4.90. The summed E-state index contributed by atoms with van der Waals surface area (Å²) in [5.74, 6) is 0.212. The molecule has 1 amide bonds. The highest BCUT2D eigenvalue weighted by atomic mass is 16.2. The number of amides is 1. The van der Waals surface area contributed by atoms with Crippen LogP contribution >= 0.6 is 0 Å². The number of carbonyl (C=O) groups excluding carboxylic acids is 1. The van der Waals surface area contributed by atoms with Gasteiger partial charge in [0.25, 0.3) is 0 Å². The molecular formula is C9H20N2O. The normalized spacial score (nSPS) is 13.2. The summed E-state index contributed by atoms with van der Waals surface area (Å²) in [4.78, 5) is 14.9. The Morgan fingerprint density at radius 3 is 2.08 bits per heavy atom. The lowest BCUT2D eigenvalue weighted by Gasteiger charge is -2.20. The summed E-state index contributed by atoms with van der Waals surface area (Å²) in [6.07, 6.45) is 1.58. The van der Waals surface area contributed by atoms with Gasteiger partial charge in [-0.25, -0.2) is 0 Å². The molecule has 0 spiro atoms. The van der Waals surface area contributed by atoms with Crippen molar-refractivity contribution >= 4 is 5.91 Å². The van der Waals surface area contributed by atoms with Crippen LogP contribution in [0.15, 0.2) is 0 Å². The van der Waals surface area contributed by atoms with Gasteiger partial charge in [0.05, 0.1) is 0 Å². The van der Waals surface area contributed by atoms with Crippen molar-refractivity contribution in [1.29, 1.82) is 0 Å². The molecule has 0 aromatic rings. The van der Waals surface area contributed by atoms with E-state index in [1.807, 2.05) is 14.1 Å². The Labute approximate surface area is 75.3 Å². The smallest absolute Gasteiger partial charge is 0.222 e. The van der Waals surface area contributed by atoms with Crippen LogP contribution in [0.4, 0.5) is 0 Å². The lowest BCUT2D eigenvalue weighted by molar-refractivity contribution is -0.129. The van der Waals surface area contributed by atoms with Crippen molar-refractivity contribution in [1.82, 2.24) is 9.80 Å². The number of hydrogen-bond acceptors (Lipinski definition) is 2. The second-order valence-corrected chi connectivity index (χ2v) is 3.64. The first-order chi connectivity index (χ1) is 5.45. The van der Waals surface area contributed by atoms with Crippen LogP contribution in [-0.4, -0.2) is 49.9 Å². The van der Waals surface area contributed by atoms with Crippen LogP contribution in [0.5, 0.6) is 0 Å². The molecule has 1 atom stereocenters. The molecular weight excluding hydrogens is 152 g/mol. The standard InChI is InChI=1S/C9H20N2O/c1-8(10(2)3)6-7-9(12)11(4)5/h8H,6-7H2,1-5H3. The van der Waals surface area contributed by atoms with Crippen molar-refractivity contribution in [2.75, 3.05) is 28.2 Å². The van der Waals surface area contributed by atoms with Crippen LogP contribution in [0.3, 0.4) is 0 Å². The van der Waals surface area contributed by atoms with Gasteiger partial charge >= 0.3 is 0 Å². The predicted molar refractivity (Wildman–Crippen MR) is 51.1 cm³/mol. The molecule has 3 nitrogen and oxygen atoms in total. The van der Waals surface area contributed by atoms with Gasteiger partial charge in [0, 0.05) is 26.6 Å². The van der Waals surface area contributed by atoms with E-state index in [0.717, 1.165) is 6.42 Å². The molecule has 0 saturated carbocycles. The van der Waals surface area contributed by atoms with Crippen LogP contribution in [0.25, 0.3) is 0 Å². The Balaban J connectivity index is 3.61. The van der Waals surface area contributed by atoms with E-state index < -0.39 is 0 Å². The summed E-state index contributed by atoms with van der Waals surface area (Å²) < 4.78 is 0. The molecule has 0 saturated heterocycles. The molecule has 0 aliphatic heterocycles.